The summed E-state index contributed by atoms with van der Waals surface area (Å²) in [6, 6.07) is 26.6. The maximum absolute atomic E-state index is 5.89. The molecule has 0 fully saturated rings. The van der Waals surface area contributed by atoms with Crippen LogP contribution in [-0.2, 0) is 6.61 Å². The standard InChI is InChI=1S/C26H26N2O/c1-4-22(18-26(28-27-3)24-12-10-20(2)11-13-24)23-14-16-25(17-15-23)29-19-21-8-6-5-7-9-21/h5-18H,3-4,19H2,1-2H3/b22-18+,28-26+. The van der Waals surface area contributed by atoms with Crippen LogP contribution in [0.1, 0.15) is 35.6 Å². The molecular weight excluding hydrogens is 356 g/mol. The summed E-state index contributed by atoms with van der Waals surface area (Å²) in [5, 5.41) is 8.00. The van der Waals surface area contributed by atoms with Gasteiger partial charge in [-0.25, -0.2) is 0 Å². The largest absolute Gasteiger partial charge is 0.489 e. The highest BCUT2D eigenvalue weighted by Crippen LogP contribution is 2.23. The first-order valence-corrected chi connectivity index (χ1v) is 9.78. The first kappa shape index (κ1) is 20.3. The summed E-state index contributed by atoms with van der Waals surface area (Å²) < 4.78 is 5.89. The van der Waals surface area contributed by atoms with Crippen LogP contribution in [0.5, 0.6) is 5.75 Å². The molecule has 0 atom stereocenters. The number of benzene rings is 3. The molecule has 3 nitrogen and oxygen atoms in total. The van der Waals surface area contributed by atoms with Gasteiger partial charge in [0.05, 0.1) is 5.71 Å². The van der Waals surface area contributed by atoms with Gasteiger partial charge in [-0.15, -0.1) is 0 Å². The number of hydrogen-bond acceptors (Lipinski definition) is 3. The number of allylic oxidation sites excluding steroid dienone is 2. The van der Waals surface area contributed by atoms with Gasteiger partial charge in [-0.05, 0) is 48.3 Å². The summed E-state index contributed by atoms with van der Waals surface area (Å²) in [6.45, 7) is 8.29. The molecule has 0 unspecified atom stereocenters. The zero-order valence-corrected chi connectivity index (χ0v) is 17.0. The summed E-state index contributed by atoms with van der Waals surface area (Å²) in [6.07, 6.45) is 2.96. The van der Waals surface area contributed by atoms with E-state index >= 15 is 0 Å². The number of rotatable bonds is 8. The first-order chi connectivity index (χ1) is 14.2. The normalized spacial score (nSPS) is 11.9. The van der Waals surface area contributed by atoms with Crippen LogP contribution in [0.3, 0.4) is 0 Å². The molecule has 3 rings (SSSR count). The lowest BCUT2D eigenvalue weighted by Gasteiger charge is -2.10. The van der Waals surface area contributed by atoms with Crippen molar-refractivity contribution in [2.45, 2.75) is 26.9 Å². The zero-order chi connectivity index (χ0) is 20.5. The van der Waals surface area contributed by atoms with E-state index in [1.165, 1.54) is 11.1 Å². The second-order valence-electron chi connectivity index (χ2n) is 6.81. The van der Waals surface area contributed by atoms with Gasteiger partial charge in [0, 0.05) is 12.3 Å². The van der Waals surface area contributed by atoms with Crippen LogP contribution in [0, 0.1) is 6.92 Å². The lowest BCUT2D eigenvalue weighted by atomic mass is 9.99. The van der Waals surface area contributed by atoms with Crippen molar-refractivity contribution in [2.24, 2.45) is 10.2 Å². The first-order valence-electron chi connectivity index (χ1n) is 9.78. The van der Waals surface area contributed by atoms with E-state index < -0.39 is 0 Å². The minimum absolute atomic E-state index is 0.561. The molecule has 0 aliphatic carbocycles. The van der Waals surface area contributed by atoms with Gasteiger partial charge >= 0.3 is 0 Å². The van der Waals surface area contributed by atoms with Crippen molar-refractivity contribution < 1.29 is 4.74 Å². The van der Waals surface area contributed by atoms with E-state index in [0.717, 1.165) is 34.6 Å². The lowest BCUT2D eigenvalue weighted by molar-refractivity contribution is 0.306. The average molecular weight is 383 g/mol. The number of hydrogen-bond donors (Lipinski definition) is 0. The van der Waals surface area contributed by atoms with Crippen molar-refractivity contribution in [3.8, 4) is 5.75 Å². The Morgan fingerprint density at radius 2 is 1.55 bits per heavy atom. The maximum atomic E-state index is 5.89. The van der Waals surface area contributed by atoms with E-state index in [0.29, 0.717) is 6.61 Å². The van der Waals surface area contributed by atoms with E-state index in [1.807, 2.05) is 30.3 Å². The Labute approximate surface area is 173 Å². The van der Waals surface area contributed by atoms with Crippen molar-refractivity contribution in [1.82, 2.24) is 0 Å². The van der Waals surface area contributed by atoms with Crippen molar-refractivity contribution >= 4 is 18.0 Å². The molecule has 0 spiro atoms. The van der Waals surface area contributed by atoms with Crippen LogP contribution in [0.2, 0.25) is 0 Å². The van der Waals surface area contributed by atoms with Crippen LogP contribution in [0.25, 0.3) is 5.57 Å². The Morgan fingerprint density at radius 3 is 2.17 bits per heavy atom. The van der Waals surface area contributed by atoms with Crippen molar-refractivity contribution in [1.29, 1.82) is 0 Å². The van der Waals surface area contributed by atoms with Gasteiger partial charge in [0.15, 0.2) is 0 Å². The highest BCUT2D eigenvalue weighted by molar-refractivity contribution is 6.12. The molecule has 0 radical (unpaired) electrons. The minimum Gasteiger partial charge on any atom is -0.489 e. The fraction of sp³-hybridized carbons (Fsp3) is 0.154. The fourth-order valence-corrected chi connectivity index (χ4v) is 3.03. The van der Waals surface area contributed by atoms with E-state index in [-0.39, 0.29) is 0 Å². The number of nitrogens with zero attached hydrogens (tertiary/aromatic N) is 2. The molecular formula is C26H26N2O. The summed E-state index contributed by atoms with van der Waals surface area (Å²) >= 11 is 0. The Morgan fingerprint density at radius 1 is 0.897 bits per heavy atom. The van der Waals surface area contributed by atoms with Crippen LogP contribution >= 0.6 is 0 Å². The highest BCUT2D eigenvalue weighted by Gasteiger charge is 2.06. The summed E-state index contributed by atoms with van der Waals surface area (Å²) in [4.78, 5) is 0. The van der Waals surface area contributed by atoms with Gasteiger partial charge in [-0.1, -0.05) is 79.2 Å². The lowest BCUT2D eigenvalue weighted by Crippen LogP contribution is -1.99. The summed E-state index contributed by atoms with van der Waals surface area (Å²) in [5.74, 6) is 0.855. The fourth-order valence-electron chi connectivity index (χ4n) is 3.03. The van der Waals surface area contributed by atoms with E-state index in [9.17, 15) is 0 Å². The van der Waals surface area contributed by atoms with Gasteiger partial charge in [0.25, 0.3) is 0 Å². The van der Waals surface area contributed by atoms with E-state index in [1.54, 1.807) is 0 Å². The van der Waals surface area contributed by atoms with Crippen molar-refractivity contribution in [3.05, 3.63) is 107 Å². The molecule has 0 bridgehead atoms. The van der Waals surface area contributed by atoms with Crippen LogP contribution < -0.4 is 4.74 Å². The van der Waals surface area contributed by atoms with E-state index in [2.05, 4.69) is 85.4 Å². The van der Waals surface area contributed by atoms with Crippen LogP contribution in [-0.4, -0.2) is 12.4 Å². The molecule has 29 heavy (non-hydrogen) atoms. The Hall–Kier alpha value is -3.46. The third kappa shape index (κ3) is 5.76. The smallest absolute Gasteiger partial charge is 0.119 e. The Balaban J connectivity index is 1.78. The monoisotopic (exact) mass is 382 g/mol. The van der Waals surface area contributed by atoms with Crippen LogP contribution in [0.15, 0.2) is 95.1 Å². The molecule has 3 aromatic rings. The molecule has 0 aliphatic rings. The predicted molar refractivity (Wildman–Crippen MR) is 123 cm³/mol. The maximum Gasteiger partial charge on any atom is 0.119 e. The topological polar surface area (TPSA) is 34.0 Å². The molecule has 0 saturated carbocycles. The second-order valence-corrected chi connectivity index (χ2v) is 6.81. The SMILES string of the molecule is C=N/N=C(\C=C(/CC)c1ccc(OCc2ccccc2)cc1)c1ccc(C)cc1. The number of ether oxygens (including phenoxy) is 1. The van der Waals surface area contributed by atoms with Crippen LogP contribution in [0.4, 0.5) is 0 Å². The molecule has 0 N–H and O–H groups in total. The van der Waals surface area contributed by atoms with Gasteiger partial charge in [0.1, 0.15) is 12.4 Å². The van der Waals surface area contributed by atoms with Crippen molar-refractivity contribution in [3.63, 3.8) is 0 Å². The van der Waals surface area contributed by atoms with Gasteiger partial charge < -0.3 is 4.74 Å². The molecule has 0 saturated heterocycles. The molecule has 0 aliphatic heterocycles. The molecule has 0 heterocycles. The third-order valence-corrected chi connectivity index (χ3v) is 4.69. The van der Waals surface area contributed by atoms with Gasteiger partial charge in [-0.2, -0.15) is 10.2 Å². The quantitative estimate of drug-likeness (QED) is 0.324. The second kappa shape index (κ2) is 10.2. The predicted octanol–water partition coefficient (Wildman–Crippen LogP) is 6.47. The third-order valence-electron chi connectivity index (χ3n) is 4.69. The number of aryl methyl sites for hydroxylation is 1. The molecule has 0 amide bonds. The van der Waals surface area contributed by atoms with Gasteiger partial charge in [-0.3, -0.25) is 0 Å². The zero-order valence-electron chi connectivity index (χ0n) is 17.0. The van der Waals surface area contributed by atoms with Crippen molar-refractivity contribution in [2.75, 3.05) is 0 Å². The van der Waals surface area contributed by atoms with E-state index in [4.69, 9.17) is 4.74 Å². The summed E-state index contributed by atoms with van der Waals surface area (Å²) in [7, 11) is 0. The van der Waals surface area contributed by atoms with Gasteiger partial charge in [0.2, 0.25) is 0 Å². The molecule has 3 aromatic carbocycles. The minimum atomic E-state index is 0.561. The Bertz CT molecular complexity index is 985. The molecule has 146 valence electrons. The highest BCUT2D eigenvalue weighted by atomic mass is 16.5. The summed E-state index contributed by atoms with van der Waals surface area (Å²) in [5.41, 5.74) is 6.52. The Kier molecular flexibility index (Phi) is 7.12. The molecule has 0 aromatic heterocycles. The average Bonchev–Trinajstić information content (AvgIpc) is 2.77. The molecule has 3 heteroatoms.